The van der Waals surface area contributed by atoms with E-state index < -0.39 is 18.2 Å². The highest BCUT2D eigenvalue weighted by atomic mass is 16.5. The number of benzene rings is 1. The Hall–Kier alpha value is -1.59. The zero-order valence-corrected chi connectivity index (χ0v) is 9.79. The summed E-state index contributed by atoms with van der Waals surface area (Å²) in [5, 5.41) is 19.6. The molecule has 0 saturated heterocycles. The molecule has 0 bridgehead atoms. The van der Waals surface area contributed by atoms with Crippen molar-refractivity contribution < 1.29 is 24.5 Å². The van der Waals surface area contributed by atoms with E-state index in [0.29, 0.717) is 11.3 Å². The molecule has 0 aliphatic heterocycles. The molecule has 2 atom stereocenters. The Morgan fingerprint density at radius 2 is 1.94 bits per heavy atom. The Balaban J connectivity index is 2.80. The van der Waals surface area contributed by atoms with E-state index in [4.69, 9.17) is 4.74 Å². The summed E-state index contributed by atoms with van der Waals surface area (Å²) in [6, 6.07) is 6.76. The molecule has 0 aliphatic rings. The van der Waals surface area contributed by atoms with E-state index in [1.807, 2.05) is 0 Å². The molecule has 5 nitrogen and oxygen atoms in total. The van der Waals surface area contributed by atoms with Crippen LogP contribution in [0.4, 0.5) is 0 Å². The predicted octanol–water partition coefficient (Wildman–Crippen LogP) is 0.653. The monoisotopic (exact) mass is 240 g/mol. The fourth-order valence-corrected chi connectivity index (χ4v) is 1.48. The largest absolute Gasteiger partial charge is 0.496 e. The maximum absolute atomic E-state index is 11.0. The van der Waals surface area contributed by atoms with Gasteiger partial charge < -0.3 is 19.7 Å². The molecule has 0 aromatic heterocycles. The SMILES string of the molecule is COC(=O)CC(O)C(O)c1ccccc1OC. The molecule has 5 heteroatoms. The molecule has 0 fully saturated rings. The first-order chi connectivity index (χ1) is 8.10. The topological polar surface area (TPSA) is 76.0 Å². The number of carbonyl (C=O) groups excluding carboxylic acids is 1. The summed E-state index contributed by atoms with van der Waals surface area (Å²) < 4.78 is 9.48. The first-order valence-electron chi connectivity index (χ1n) is 5.16. The van der Waals surface area contributed by atoms with Crippen LogP contribution in [0.1, 0.15) is 18.1 Å². The van der Waals surface area contributed by atoms with E-state index in [0.717, 1.165) is 0 Å². The molecule has 1 rings (SSSR count). The van der Waals surface area contributed by atoms with Crippen LogP contribution in [-0.2, 0) is 9.53 Å². The second kappa shape index (κ2) is 6.22. The highest BCUT2D eigenvalue weighted by molar-refractivity contribution is 5.69. The fourth-order valence-electron chi connectivity index (χ4n) is 1.48. The van der Waals surface area contributed by atoms with Gasteiger partial charge in [-0.3, -0.25) is 4.79 Å². The molecule has 0 spiro atoms. The minimum atomic E-state index is -1.22. The summed E-state index contributed by atoms with van der Waals surface area (Å²) in [4.78, 5) is 11.0. The zero-order chi connectivity index (χ0) is 12.8. The van der Waals surface area contributed by atoms with Crippen LogP contribution in [0.15, 0.2) is 24.3 Å². The smallest absolute Gasteiger partial charge is 0.308 e. The van der Waals surface area contributed by atoms with Gasteiger partial charge in [0, 0.05) is 5.56 Å². The molecular formula is C12H16O5. The Bertz CT molecular complexity index is 377. The van der Waals surface area contributed by atoms with Crippen molar-refractivity contribution in [3.63, 3.8) is 0 Å². The quantitative estimate of drug-likeness (QED) is 0.739. The van der Waals surface area contributed by atoms with Crippen molar-refractivity contribution in [1.82, 2.24) is 0 Å². The van der Waals surface area contributed by atoms with E-state index in [-0.39, 0.29) is 6.42 Å². The van der Waals surface area contributed by atoms with Crippen molar-refractivity contribution in [2.45, 2.75) is 18.6 Å². The molecule has 2 N–H and O–H groups in total. The summed E-state index contributed by atoms with van der Waals surface area (Å²) in [6.07, 6.45) is -2.68. The number of hydrogen-bond acceptors (Lipinski definition) is 5. The number of aliphatic hydroxyl groups is 2. The van der Waals surface area contributed by atoms with Gasteiger partial charge in [-0.05, 0) is 6.07 Å². The highest BCUT2D eigenvalue weighted by Crippen LogP contribution is 2.27. The number of esters is 1. The van der Waals surface area contributed by atoms with E-state index in [2.05, 4.69) is 4.74 Å². The molecule has 1 aromatic carbocycles. The van der Waals surface area contributed by atoms with Crippen molar-refractivity contribution in [3.05, 3.63) is 29.8 Å². The van der Waals surface area contributed by atoms with Crippen molar-refractivity contribution in [3.8, 4) is 5.75 Å². The Morgan fingerprint density at radius 1 is 1.29 bits per heavy atom. The van der Waals surface area contributed by atoms with Gasteiger partial charge in [0.05, 0.1) is 26.7 Å². The molecular weight excluding hydrogens is 224 g/mol. The minimum absolute atomic E-state index is 0.268. The molecule has 0 heterocycles. The molecule has 2 unspecified atom stereocenters. The maximum Gasteiger partial charge on any atom is 0.308 e. The zero-order valence-electron chi connectivity index (χ0n) is 9.79. The van der Waals surface area contributed by atoms with Gasteiger partial charge in [0.2, 0.25) is 0 Å². The second-order valence-electron chi connectivity index (χ2n) is 3.53. The van der Waals surface area contributed by atoms with Crippen molar-refractivity contribution in [2.24, 2.45) is 0 Å². The van der Waals surface area contributed by atoms with Gasteiger partial charge in [-0.2, -0.15) is 0 Å². The summed E-state index contributed by atoms with van der Waals surface area (Å²) in [5.74, 6) is -0.115. The van der Waals surface area contributed by atoms with Crippen LogP contribution in [0, 0.1) is 0 Å². The predicted molar refractivity (Wildman–Crippen MR) is 60.6 cm³/mol. The molecule has 1 aromatic rings. The summed E-state index contributed by atoms with van der Waals surface area (Å²) in [5.41, 5.74) is 0.436. The van der Waals surface area contributed by atoms with Crippen LogP contribution in [-0.4, -0.2) is 36.5 Å². The average molecular weight is 240 g/mol. The first-order valence-corrected chi connectivity index (χ1v) is 5.16. The number of hydrogen-bond donors (Lipinski definition) is 2. The highest BCUT2D eigenvalue weighted by Gasteiger charge is 2.24. The Labute approximate surface area is 99.6 Å². The lowest BCUT2D eigenvalue weighted by atomic mass is 10.0. The third-order valence-corrected chi connectivity index (χ3v) is 2.43. The van der Waals surface area contributed by atoms with Gasteiger partial charge >= 0.3 is 5.97 Å². The molecule has 0 aliphatic carbocycles. The third kappa shape index (κ3) is 3.44. The summed E-state index contributed by atoms with van der Waals surface area (Å²) >= 11 is 0. The van der Waals surface area contributed by atoms with Crippen LogP contribution in [0.25, 0.3) is 0 Å². The van der Waals surface area contributed by atoms with E-state index in [1.54, 1.807) is 24.3 Å². The van der Waals surface area contributed by atoms with Crippen LogP contribution in [0.3, 0.4) is 0 Å². The molecule has 17 heavy (non-hydrogen) atoms. The van der Waals surface area contributed by atoms with Gasteiger partial charge in [0.25, 0.3) is 0 Å². The van der Waals surface area contributed by atoms with Gasteiger partial charge in [-0.1, -0.05) is 18.2 Å². The first kappa shape index (κ1) is 13.5. The second-order valence-corrected chi connectivity index (χ2v) is 3.53. The fraction of sp³-hybridized carbons (Fsp3) is 0.417. The number of methoxy groups -OCH3 is 2. The normalized spacial score (nSPS) is 13.9. The number of rotatable bonds is 5. The van der Waals surface area contributed by atoms with Crippen molar-refractivity contribution in [2.75, 3.05) is 14.2 Å². The van der Waals surface area contributed by atoms with E-state index in [1.165, 1.54) is 14.2 Å². The van der Waals surface area contributed by atoms with Crippen LogP contribution >= 0.6 is 0 Å². The number of ether oxygens (including phenoxy) is 2. The number of para-hydroxylation sites is 1. The third-order valence-electron chi connectivity index (χ3n) is 2.43. The number of aliphatic hydroxyl groups excluding tert-OH is 2. The maximum atomic E-state index is 11.0. The molecule has 0 amide bonds. The number of carbonyl (C=O) groups is 1. The van der Waals surface area contributed by atoms with Crippen LogP contribution in [0.5, 0.6) is 5.75 Å². The standard InChI is InChI=1S/C12H16O5/c1-16-10-6-4-3-5-8(10)12(15)9(13)7-11(14)17-2/h3-6,9,12-13,15H,7H2,1-2H3. The van der Waals surface area contributed by atoms with E-state index in [9.17, 15) is 15.0 Å². The molecule has 94 valence electrons. The Kier molecular flexibility index (Phi) is 4.93. The van der Waals surface area contributed by atoms with Gasteiger partial charge in [-0.15, -0.1) is 0 Å². The van der Waals surface area contributed by atoms with Gasteiger partial charge in [-0.25, -0.2) is 0 Å². The van der Waals surface area contributed by atoms with Gasteiger partial charge in [0.1, 0.15) is 11.9 Å². The van der Waals surface area contributed by atoms with Gasteiger partial charge in [0.15, 0.2) is 0 Å². The van der Waals surface area contributed by atoms with Crippen molar-refractivity contribution >= 4 is 5.97 Å². The molecule has 0 radical (unpaired) electrons. The lowest BCUT2D eigenvalue weighted by Gasteiger charge is -2.19. The van der Waals surface area contributed by atoms with Crippen LogP contribution < -0.4 is 4.74 Å². The Morgan fingerprint density at radius 3 is 2.53 bits per heavy atom. The lowest BCUT2D eigenvalue weighted by molar-refractivity contribution is -0.144. The lowest BCUT2D eigenvalue weighted by Crippen LogP contribution is -2.23. The van der Waals surface area contributed by atoms with E-state index >= 15 is 0 Å². The molecule has 0 saturated carbocycles. The summed E-state index contributed by atoms with van der Waals surface area (Å²) in [7, 11) is 2.70. The minimum Gasteiger partial charge on any atom is -0.496 e. The van der Waals surface area contributed by atoms with Crippen LogP contribution in [0.2, 0.25) is 0 Å². The average Bonchev–Trinajstić information content (AvgIpc) is 2.37. The summed E-state index contributed by atoms with van der Waals surface area (Å²) in [6.45, 7) is 0. The van der Waals surface area contributed by atoms with Crippen molar-refractivity contribution in [1.29, 1.82) is 0 Å².